The van der Waals surface area contributed by atoms with E-state index >= 15 is 0 Å². The van der Waals surface area contributed by atoms with Crippen molar-refractivity contribution in [3.05, 3.63) is 11.7 Å². The molecule has 1 aromatic heterocycles. The van der Waals surface area contributed by atoms with Gasteiger partial charge in [-0.1, -0.05) is 19.0 Å². The van der Waals surface area contributed by atoms with Crippen LogP contribution < -0.4 is 0 Å². The van der Waals surface area contributed by atoms with E-state index in [1.165, 1.54) is 12.8 Å². The van der Waals surface area contributed by atoms with E-state index in [1.807, 2.05) is 4.90 Å². The van der Waals surface area contributed by atoms with Crippen molar-refractivity contribution in [3.63, 3.8) is 0 Å². The molecular weight excluding hydrogens is 294 g/mol. The third-order valence-electron chi connectivity index (χ3n) is 4.75. The summed E-state index contributed by atoms with van der Waals surface area (Å²) in [5.41, 5.74) is 0. The maximum Gasteiger partial charge on any atom is 0.236 e. The molecule has 0 unspecified atom stereocenters. The molecule has 0 atom stereocenters. The van der Waals surface area contributed by atoms with Crippen LogP contribution in [0.3, 0.4) is 0 Å². The fourth-order valence-corrected chi connectivity index (χ4v) is 2.92. The first-order valence-electron chi connectivity index (χ1n) is 8.74. The van der Waals surface area contributed by atoms with Gasteiger partial charge in [-0.05, 0) is 25.9 Å². The van der Waals surface area contributed by atoms with Gasteiger partial charge in [0, 0.05) is 32.1 Å². The molecule has 0 spiro atoms. The smallest absolute Gasteiger partial charge is 0.236 e. The topological polar surface area (TPSA) is 65.7 Å². The Morgan fingerprint density at radius 3 is 2.52 bits per heavy atom. The highest BCUT2D eigenvalue weighted by Crippen LogP contribution is 2.38. The summed E-state index contributed by atoms with van der Waals surface area (Å²) in [6, 6.07) is 0. The standard InChI is InChI=1S/C16H27N5O2/c1-3-19(4-2)12-15(22)21-9-7-20(8-10-21)11-14-17-16(23-18-14)13-5-6-13/h13H,3-12H2,1-2H3. The van der Waals surface area contributed by atoms with Crippen LogP contribution in [0.2, 0.25) is 0 Å². The van der Waals surface area contributed by atoms with Crippen LogP contribution in [0.1, 0.15) is 44.3 Å². The summed E-state index contributed by atoms with van der Waals surface area (Å²) in [5.74, 6) is 2.32. The van der Waals surface area contributed by atoms with Gasteiger partial charge in [-0.3, -0.25) is 14.6 Å². The van der Waals surface area contributed by atoms with E-state index in [1.54, 1.807) is 0 Å². The molecule has 2 heterocycles. The maximum absolute atomic E-state index is 12.3. The first kappa shape index (κ1) is 16.4. The Hall–Kier alpha value is -1.47. The van der Waals surface area contributed by atoms with Gasteiger partial charge in [-0.25, -0.2) is 0 Å². The Balaban J connectivity index is 1.43. The van der Waals surface area contributed by atoms with Crippen LogP contribution in [0.25, 0.3) is 0 Å². The Bertz CT molecular complexity index is 516. The van der Waals surface area contributed by atoms with Crippen LogP contribution >= 0.6 is 0 Å². The number of piperazine rings is 1. The fraction of sp³-hybridized carbons (Fsp3) is 0.812. The summed E-state index contributed by atoms with van der Waals surface area (Å²) in [6.07, 6.45) is 2.35. The van der Waals surface area contributed by atoms with E-state index < -0.39 is 0 Å². The molecule has 1 saturated heterocycles. The van der Waals surface area contributed by atoms with Crippen molar-refractivity contribution < 1.29 is 9.32 Å². The summed E-state index contributed by atoms with van der Waals surface area (Å²) in [5, 5.41) is 4.07. The van der Waals surface area contributed by atoms with Crippen molar-refractivity contribution in [2.24, 2.45) is 0 Å². The lowest BCUT2D eigenvalue weighted by Crippen LogP contribution is -2.50. The van der Waals surface area contributed by atoms with Crippen molar-refractivity contribution in [2.45, 2.75) is 39.2 Å². The van der Waals surface area contributed by atoms with E-state index in [-0.39, 0.29) is 5.91 Å². The lowest BCUT2D eigenvalue weighted by atomic mass is 10.3. The summed E-state index contributed by atoms with van der Waals surface area (Å²) >= 11 is 0. The van der Waals surface area contributed by atoms with Crippen LogP contribution in [0.5, 0.6) is 0 Å². The summed E-state index contributed by atoms with van der Waals surface area (Å²) < 4.78 is 5.30. The van der Waals surface area contributed by atoms with Gasteiger partial charge in [0.25, 0.3) is 0 Å². The molecule has 1 aliphatic heterocycles. The minimum Gasteiger partial charge on any atom is -0.339 e. The number of amides is 1. The van der Waals surface area contributed by atoms with Gasteiger partial charge in [-0.15, -0.1) is 0 Å². The molecule has 0 radical (unpaired) electrons. The molecular formula is C16H27N5O2. The number of rotatable bonds is 7. The molecule has 23 heavy (non-hydrogen) atoms. The molecule has 0 aromatic carbocycles. The zero-order chi connectivity index (χ0) is 16.2. The van der Waals surface area contributed by atoms with Crippen LogP contribution in [0, 0.1) is 0 Å². The van der Waals surface area contributed by atoms with Crippen LogP contribution in [-0.2, 0) is 11.3 Å². The third kappa shape index (κ3) is 4.29. The fourth-order valence-electron chi connectivity index (χ4n) is 2.92. The SMILES string of the molecule is CCN(CC)CC(=O)N1CCN(Cc2noc(C3CC3)n2)CC1. The zero-order valence-electron chi connectivity index (χ0n) is 14.2. The molecule has 7 heteroatoms. The molecule has 2 aliphatic rings. The molecule has 3 rings (SSSR count). The Labute approximate surface area is 137 Å². The van der Waals surface area contributed by atoms with Gasteiger partial charge in [0.15, 0.2) is 5.82 Å². The number of hydrogen-bond donors (Lipinski definition) is 0. The van der Waals surface area contributed by atoms with E-state index in [9.17, 15) is 4.79 Å². The number of carbonyl (C=O) groups excluding carboxylic acids is 1. The van der Waals surface area contributed by atoms with Crippen molar-refractivity contribution in [3.8, 4) is 0 Å². The summed E-state index contributed by atoms with van der Waals surface area (Å²) in [6.45, 7) is 10.6. The largest absolute Gasteiger partial charge is 0.339 e. The number of likely N-dealkylation sites (N-methyl/N-ethyl adjacent to an activating group) is 1. The second-order valence-electron chi connectivity index (χ2n) is 6.44. The molecule has 2 fully saturated rings. The van der Waals surface area contributed by atoms with Crippen molar-refractivity contribution >= 4 is 5.91 Å². The van der Waals surface area contributed by atoms with Gasteiger partial charge < -0.3 is 9.42 Å². The summed E-state index contributed by atoms with van der Waals surface area (Å²) in [7, 11) is 0. The van der Waals surface area contributed by atoms with Crippen molar-refractivity contribution in [2.75, 3.05) is 45.8 Å². The van der Waals surface area contributed by atoms with Crippen LogP contribution in [-0.4, -0.2) is 76.6 Å². The molecule has 0 N–H and O–H groups in total. The van der Waals surface area contributed by atoms with Gasteiger partial charge in [0.05, 0.1) is 13.1 Å². The highest BCUT2D eigenvalue weighted by molar-refractivity contribution is 5.78. The first-order chi connectivity index (χ1) is 11.2. The third-order valence-corrected chi connectivity index (χ3v) is 4.75. The van der Waals surface area contributed by atoms with Gasteiger partial charge in [0.1, 0.15) is 0 Å². The zero-order valence-corrected chi connectivity index (χ0v) is 14.2. The molecule has 1 saturated carbocycles. The van der Waals surface area contributed by atoms with Crippen LogP contribution in [0.15, 0.2) is 4.52 Å². The molecule has 1 amide bonds. The Kier molecular flexibility index (Phi) is 5.27. The maximum atomic E-state index is 12.3. The first-order valence-corrected chi connectivity index (χ1v) is 8.74. The molecule has 7 nitrogen and oxygen atoms in total. The number of aromatic nitrogens is 2. The summed E-state index contributed by atoms with van der Waals surface area (Å²) in [4.78, 5) is 23.2. The number of hydrogen-bond acceptors (Lipinski definition) is 6. The quantitative estimate of drug-likeness (QED) is 0.744. The monoisotopic (exact) mass is 321 g/mol. The molecule has 0 bridgehead atoms. The minimum absolute atomic E-state index is 0.240. The predicted molar refractivity (Wildman–Crippen MR) is 85.9 cm³/mol. The van der Waals surface area contributed by atoms with E-state index in [0.29, 0.717) is 19.0 Å². The predicted octanol–water partition coefficient (Wildman–Crippen LogP) is 0.933. The highest BCUT2D eigenvalue weighted by atomic mass is 16.5. The normalized spacial score (nSPS) is 19.5. The van der Waals surface area contributed by atoms with Crippen molar-refractivity contribution in [1.29, 1.82) is 0 Å². The van der Waals surface area contributed by atoms with E-state index in [0.717, 1.165) is 51.0 Å². The lowest BCUT2D eigenvalue weighted by Gasteiger charge is -2.35. The average molecular weight is 321 g/mol. The molecule has 128 valence electrons. The van der Waals surface area contributed by atoms with Gasteiger partial charge >= 0.3 is 0 Å². The highest BCUT2D eigenvalue weighted by Gasteiger charge is 2.30. The average Bonchev–Trinajstić information content (AvgIpc) is 3.33. The Morgan fingerprint density at radius 1 is 1.22 bits per heavy atom. The second-order valence-corrected chi connectivity index (χ2v) is 6.44. The molecule has 1 aromatic rings. The van der Waals surface area contributed by atoms with Gasteiger partial charge in [-0.2, -0.15) is 4.98 Å². The number of carbonyl (C=O) groups is 1. The molecule has 1 aliphatic carbocycles. The van der Waals surface area contributed by atoms with E-state index in [2.05, 4.69) is 33.8 Å². The van der Waals surface area contributed by atoms with Crippen molar-refractivity contribution in [1.82, 2.24) is 24.8 Å². The van der Waals surface area contributed by atoms with Gasteiger partial charge in [0.2, 0.25) is 11.8 Å². The minimum atomic E-state index is 0.240. The Morgan fingerprint density at radius 2 is 1.91 bits per heavy atom. The van der Waals surface area contributed by atoms with Crippen LogP contribution in [0.4, 0.5) is 0 Å². The second kappa shape index (κ2) is 7.40. The lowest BCUT2D eigenvalue weighted by molar-refractivity contribution is -0.134. The number of nitrogens with zero attached hydrogens (tertiary/aromatic N) is 5. The van der Waals surface area contributed by atoms with E-state index in [4.69, 9.17) is 4.52 Å².